The molecule has 3 rings (SSSR count). The van der Waals surface area contributed by atoms with Crippen molar-refractivity contribution in [1.29, 1.82) is 0 Å². The van der Waals surface area contributed by atoms with Gasteiger partial charge in [-0.3, -0.25) is 4.79 Å². The number of amides is 1. The molecule has 6 heteroatoms. The number of benzene rings is 2. The van der Waals surface area contributed by atoms with E-state index in [1.807, 2.05) is 42.5 Å². The predicted molar refractivity (Wildman–Crippen MR) is 106 cm³/mol. The van der Waals surface area contributed by atoms with Gasteiger partial charge < -0.3 is 10.4 Å². The number of carbonyl (C=O) groups excluding carboxylic acids is 1. The van der Waals surface area contributed by atoms with Crippen LogP contribution in [0.2, 0.25) is 0 Å². The van der Waals surface area contributed by atoms with E-state index < -0.39 is 17.9 Å². The van der Waals surface area contributed by atoms with Crippen LogP contribution in [0.4, 0.5) is 0 Å². The van der Waals surface area contributed by atoms with Crippen molar-refractivity contribution >= 4 is 27.8 Å². The van der Waals surface area contributed by atoms with Crippen LogP contribution in [0.25, 0.3) is 11.1 Å². The Kier molecular flexibility index (Phi) is 5.98. The maximum absolute atomic E-state index is 12.5. The molecule has 1 amide bonds. The number of aromatic nitrogens is 1. The summed E-state index contributed by atoms with van der Waals surface area (Å²) < 4.78 is 0.567. The second-order valence-electron chi connectivity index (χ2n) is 5.97. The van der Waals surface area contributed by atoms with E-state index in [4.69, 9.17) is 0 Å². The average Bonchev–Trinajstić information content (AvgIpc) is 2.69. The van der Waals surface area contributed by atoms with Crippen LogP contribution >= 0.6 is 15.9 Å². The third kappa shape index (κ3) is 4.80. The molecule has 136 valence electrons. The van der Waals surface area contributed by atoms with E-state index in [1.165, 1.54) is 0 Å². The van der Waals surface area contributed by atoms with E-state index in [0.717, 1.165) is 11.1 Å². The van der Waals surface area contributed by atoms with Gasteiger partial charge in [0.2, 0.25) is 0 Å². The molecule has 0 fully saturated rings. The zero-order valence-corrected chi connectivity index (χ0v) is 15.9. The maximum Gasteiger partial charge on any atom is 0.326 e. The molecule has 1 atom stereocenters. The summed E-state index contributed by atoms with van der Waals surface area (Å²) in [5, 5.41) is 12.0. The van der Waals surface area contributed by atoms with Crippen LogP contribution in [0, 0.1) is 0 Å². The minimum Gasteiger partial charge on any atom is -0.480 e. The van der Waals surface area contributed by atoms with E-state index in [-0.39, 0.29) is 6.42 Å². The summed E-state index contributed by atoms with van der Waals surface area (Å²) in [5.74, 6) is -1.53. The van der Waals surface area contributed by atoms with Gasteiger partial charge in [-0.1, -0.05) is 48.5 Å². The van der Waals surface area contributed by atoms with Gasteiger partial charge in [-0.2, -0.15) is 0 Å². The van der Waals surface area contributed by atoms with Crippen molar-refractivity contribution in [1.82, 2.24) is 10.3 Å². The van der Waals surface area contributed by atoms with Crippen molar-refractivity contribution in [3.05, 3.63) is 88.7 Å². The number of halogens is 1. The molecule has 0 saturated carbocycles. The number of carboxylic acid groups (broad SMARTS) is 1. The Labute approximate surface area is 165 Å². The number of carbonyl (C=O) groups is 2. The topological polar surface area (TPSA) is 79.3 Å². The van der Waals surface area contributed by atoms with Gasteiger partial charge in [0.25, 0.3) is 5.91 Å². The van der Waals surface area contributed by atoms with Crippen LogP contribution in [-0.2, 0) is 11.2 Å². The number of hydrogen-bond donors (Lipinski definition) is 2. The predicted octanol–water partition coefficient (Wildman–Crippen LogP) is 3.94. The summed E-state index contributed by atoms with van der Waals surface area (Å²) in [6, 6.07) is 19.3. The number of aliphatic carboxylic acids is 1. The molecule has 0 aliphatic rings. The molecular weight excluding hydrogens is 408 g/mol. The molecule has 0 aliphatic heterocycles. The van der Waals surface area contributed by atoms with Gasteiger partial charge in [0.05, 0.1) is 0 Å². The Balaban J connectivity index is 1.72. The molecule has 2 aromatic carbocycles. The summed E-state index contributed by atoms with van der Waals surface area (Å²) in [7, 11) is 0. The summed E-state index contributed by atoms with van der Waals surface area (Å²) in [6.45, 7) is 0. The number of rotatable bonds is 6. The largest absolute Gasteiger partial charge is 0.480 e. The number of hydrogen-bond acceptors (Lipinski definition) is 3. The SMILES string of the molecule is O=C(N[C@@H](Cc1cccnc1Br)C(=O)O)c1ccc(-c2ccccc2)cc1. The quantitative estimate of drug-likeness (QED) is 0.587. The van der Waals surface area contributed by atoms with Crippen molar-refractivity contribution in [3.8, 4) is 11.1 Å². The van der Waals surface area contributed by atoms with Crippen LogP contribution in [-0.4, -0.2) is 28.0 Å². The zero-order chi connectivity index (χ0) is 19.2. The van der Waals surface area contributed by atoms with E-state index in [1.54, 1.807) is 30.5 Å². The number of carboxylic acids is 1. The van der Waals surface area contributed by atoms with Crippen molar-refractivity contribution in [2.75, 3.05) is 0 Å². The van der Waals surface area contributed by atoms with Gasteiger partial charge in [0.1, 0.15) is 10.6 Å². The van der Waals surface area contributed by atoms with Crippen LogP contribution in [0.15, 0.2) is 77.5 Å². The minimum absolute atomic E-state index is 0.137. The first kappa shape index (κ1) is 18.8. The lowest BCUT2D eigenvalue weighted by atomic mass is 10.0. The lowest BCUT2D eigenvalue weighted by Crippen LogP contribution is -2.42. The second kappa shape index (κ2) is 8.60. The number of nitrogens with zero attached hydrogens (tertiary/aromatic N) is 1. The van der Waals surface area contributed by atoms with Gasteiger partial charge in [0.15, 0.2) is 0 Å². The highest BCUT2D eigenvalue weighted by atomic mass is 79.9. The smallest absolute Gasteiger partial charge is 0.326 e. The average molecular weight is 425 g/mol. The first-order chi connectivity index (χ1) is 13.0. The van der Waals surface area contributed by atoms with Crippen LogP contribution in [0.3, 0.4) is 0 Å². The molecule has 1 heterocycles. The molecule has 5 nitrogen and oxygen atoms in total. The molecule has 27 heavy (non-hydrogen) atoms. The maximum atomic E-state index is 12.5. The highest BCUT2D eigenvalue weighted by molar-refractivity contribution is 9.10. The Morgan fingerprint density at radius 2 is 1.63 bits per heavy atom. The highest BCUT2D eigenvalue weighted by Crippen LogP contribution is 2.19. The summed E-state index contributed by atoms with van der Waals surface area (Å²) >= 11 is 3.30. The summed E-state index contributed by atoms with van der Waals surface area (Å²) in [5.41, 5.74) is 3.16. The highest BCUT2D eigenvalue weighted by Gasteiger charge is 2.22. The molecule has 3 aromatic rings. The fraction of sp³-hybridized carbons (Fsp3) is 0.0952. The van der Waals surface area contributed by atoms with Crippen molar-refractivity contribution in [2.24, 2.45) is 0 Å². The molecule has 0 bridgehead atoms. The van der Waals surface area contributed by atoms with E-state index in [0.29, 0.717) is 15.7 Å². The Morgan fingerprint density at radius 1 is 0.963 bits per heavy atom. The molecule has 1 aromatic heterocycles. The lowest BCUT2D eigenvalue weighted by Gasteiger charge is -2.15. The van der Waals surface area contributed by atoms with Gasteiger partial charge in [-0.05, 0) is 50.8 Å². The van der Waals surface area contributed by atoms with Crippen molar-refractivity contribution in [2.45, 2.75) is 12.5 Å². The monoisotopic (exact) mass is 424 g/mol. The van der Waals surface area contributed by atoms with E-state index in [9.17, 15) is 14.7 Å². The standard InChI is InChI=1S/C21H17BrN2O3/c22-19-17(7-4-12-23-19)13-18(21(26)27)24-20(25)16-10-8-15(9-11-16)14-5-2-1-3-6-14/h1-12,18H,13H2,(H,24,25)(H,26,27)/t18-/m0/s1. The number of pyridine rings is 1. The molecule has 0 radical (unpaired) electrons. The van der Waals surface area contributed by atoms with E-state index >= 15 is 0 Å². The van der Waals surface area contributed by atoms with Crippen LogP contribution in [0.5, 0.6) is 0 Å². The van der Waals surface area contributed by atoms with E-state index in [2.05, 4.69) is 26.2 Å². The minimum atomic E-state index is -1.10. The third-order valence-corrected chi connectivity index (χ3v) is 4.83. The molecule has 0 aliphatic carbocycles. The van der Waals surface area contributed by atoms with Crippen LogP contribution < -0.4 is 5.32 Å². The zero-order valence-electron chi connectivity index (χ0n) is 14.3. The normalized spacial score (nSPS) is 11.6. The second-order valence-corrected chi connectivity index (χ2v) is 6.72. The number of nitrogens with one attached hydrogen (secondary N) is 1. The molecular formula is C21H17BrN2O3. The Bertz CT molecular complexity index is 943. The first-order valence-electron chi connectivity index (χ1n) is 8.33. The lowest BCUT2D eigenvalue weighted by molar-refractivity contribution is -0.139. The fourth-order valence-corrected chi connectivity index (χ4v) is 3.09. The van der Waals surface area contributed by atoms with Crippen molar-refractivity contribution < 1.29 is 14.7 Å². The Hall–Kier alpha value is -2.99. The summed E-state index contributed by atoms with van der Waals surface area (Å²) in [6.07, 6.45) is 1.74. The third-order valence-electron chi connectivity index (χ3n) is 4.12. The van der Waals surface area contributed by atoms with Crippen molar-refractivity contribution in [3.63, 3.8) is 0 Å². The van der Waals surface area contributed by atoms with Crippen LogP contribution in [0.1, 0.15) is 15.9 Å². The van der Waals surface area contributed by atoms with Gasteiger partial charge in [-0.25, -0.2) is 9.78 Å². The van der Waals surface area contributed by atoms with Gasteiger partial charge in [-0.15, -0.1) is 0 Å². The Morgan fingerprint density at radius 3 is 2.26 bits per heavy atom. The summed E-state index contributed by atoms with van der Waals surface area (Å²) in [4.78, 5) is 28.1. The molecule has 0 unspecified atom stereocenters. The van der Waals surface area contributed by atoms with Gasteiger partial charge >= 0.3 is 5.97 Å². The van der Waals surface area contributed by atoms with Gasteiger partial charge in [0, 0.05) is 18.2 Å². The molecule has 0 spiro atoms. The first-order valence-corrected chi connectivity index (χ1v) is 9.12. The fourth-order valence-electron chi connectivity index (χ4n) is 2.68. The molecule has 0 saturated heterocycles. The molecule has 2 N–H and O–H groups in total.